The average Bonchev–Trinajstić information content (AvgIpc) is 3.08. The fraction of sp³-hybridized carbons (Fsp3) is 0.526. The molecule has 4 heterocycles. The van der Waals surface area contributed by atoms with Crippen LogP contribution in [0.25, 0.3) is 0 Å². The number of fused-ring (bicyclic) bond motifs is 1. The van der Waals surface area contributed by atoms with E-state index in [9.17, 15) is 5.11 Å². The normalized spacial score (nSPS) is 21.0. The summed E-state index contributed by atoms with van der Waals surface area (Å²) in [7, 11) is 3.90. The van der Waals surface area contributed by atoms with Gasteiger partial charge in [0.15, 0.2) is 11.5 Å². The van der Waals surface area contributed by atoms with Gasteiger partial charge in [-0.1, -0.05) is 0 Å². The standard InChI is InChI=1S/C19H26N6O3/c1-24(2)18-7-19(23-12-22-18)25-11-15(26)6-14(25)9-20-8-13-5-16-17(10-21-13)28-4-3-27-16/h5,7,10,12,14-15,20,26H,3-4,6,8-9,11H2,1-2H3/t14-,15-/m1/s1. The number of nitrogens with zero attached hydrogens (tertiary/aromatic N) is 5. The number of anilines is 2. The fourth-order valence-corrected chi connectivity index (χ4v) is 3.56. The van der Waals surface area contributed by atoms with Crippen LogP contribution in [0.15, 0.2) is 24.7 Å². The summed E-state index contributed by atoms with van der Waals surface area (Å²) < 4.78 is 11.1. The highest BCUT2D eigenvalue weighted by molar-refractivity contribution is 5.51. The summed E-state index contributed by atoms with van der Waals surface area (Å²) in [6.07, 6.45) is 3.61. The Labute approximate surface area is 164 Å². The molecule has 0 bridgehead atoms. The maximum Gasteiger partial charge on any atom is 0.179 e. The molecule has 0 unspecified atom stereocenters. The lowest BCUT2D eigenvalue weighted by molar-refractivity contribution is 0.170. The molecule has 9 nitrogen and oxygen atoms in total. The third-order valence-electron chi connectivity index (χ3n) is 4.96. The molecule has 4 rings (SSSR count). The van der Waals surface area contributed by atoms with Gasteiger partial charge in [0.25, 0.3) is 0 Å². The summed E-state index contributed by atoms with van der Waals surface area (Å²) in [5.74, 6) is 3.12. The van der Waals surface area contributed by atoms with Crippen LogP contribution in [0.1, 0.15) is 12.1 Å². The number of aliphatic hydroxyl groups is 1. The minimum Gasteiger partial charge on any atom is -0.486 e. The second kappa shape index (κ2) is 8.15. The molecule has 2 aliphatic heterocycles. The van der Waals surface area contributed by atoms with E-state index in [2.05, 4.69) is 25.2 Å². The van der Waals surface area contributed by atoms with E-state index in [1.165, 1.54) is 0 Å². The fourth-order valence-electron chi connectivity index (χ4n) is 3.56. The molecule has 0 radical (unpaired) electrons. The molecule has 9 heteroatoms. The van der Waals surface area contributed by atoms with Gasteiger partial charge < -0.3 is 29.7 Å². The van der Waals surface area contributed by atoms with Crippen LogP contribution in [-0.4, -0.2) is 72.6 Å². The van der Waals surface area contributed by atoms with E-state index in [4.69, 9.17) is 9.47 Å². The second-order valence-electron chi connectivity index (χ2n) is 7.27. The molecule has 1 fully saturated rings. The number of ether oxygens (including phenoxy) is 2. The molecule has 0 amide bonds. The highest BCUT2D eigenvalue weighted by Crippen LogP contribution is 2.29. The number of β-amino-alcohol motifs (C(OH)–C–C–N with tert-alkyl or cyclic N) is 1. The zero-order valence-electron chi connectivity index (χ0n) is 16.2. The molecule has 0 aliphatic carbocycles. The van der Waals surface area contributed by atoms with Crippen molar-refractivity contribution in [1.29, 1.82) is 0 Å². The Morgan fingerprint density at radius 3 is 2.82 bits per heavy atom. The number of aromatic nitrogens is 3. The van der Waals surface area contributed by atoms with Crippen LogP contribution in [0.3, 0.4) is 0 Å². The summed E-state index contributed by atoms with van der Waals surface area (Å²) in [4.78, 5) is 17.2. The van der Waals surface area contributed by atoms with Gasteiger partial charge in [-0.2, -0.15) is 0 Å². The molecule has 2 atom stereocenters. The Balaban J connectivity index is 1.39. The van der Waals surface area contributed by atoms with Crippen molar-refractivity contribution >= 4 is 11.6 Å². The Kier molecular flexibility index (Phi) is 5.45. The van der Waals surface area contributed by atoms with Crippen molar-refractivity contribution < 1.29 is 14.6 Å². The third kappa shape index (κ3) is 4.10. The number of pyridine rings is 1. The van der Waals surface area contributed by atoms with E-state index in [1.54, 1.807) is 12.5 Å². The summed E-state index contributed by atoms with van der Waals surface area (Å²) in [5, 5.41) is 13.6. The number of hydrogen-bond donors (Lipinski definition) is 2. The minimum absolute atomic E-state index is 0.150. The highest BCUT2D eigenvalue weighted by Gasteiger charge is 2.31. The van der Waals surface area contributed by atoms with Gasteiger partial charge in [-0.25, -0.2) is 9.97 Å². The van der Waals surface area contributed by atoms with Crippen LogP contribution in [-0.2, 0) is 6.54 Å². The third-order valence-corrected chi connectivity index (χ3v) is 4.96. The maximum absolute atomic E-state index is 10.2. The molecule has 0 spiro atoms. The van der Waals surface area contributed by atoms with Gasteiger partial charge in [-0.05, 0) is 6.42 Å². The molecule has 0 saturated carbocycles. The van der Waals surface area contributed by atoms with Crippen molar-refractivity contribution in [3.8, 4) is 11.5 Å². The second-order valence-corrected chi connectivity index (χ2v) is 7.27. The molecule has 0 aromatic carbocycles. The lowest BCUT2D eigenvalue weighted by atomic mass is 10.2. The van der Waals surface area contributed by atoms with E-state index < -0.39 is 0 Å². The zero-order valence-corrected chi connectivity index (χ0v) is 16.2. The van der Waals surface area contributed by atoms with Gasteiger partial charge in [0.05, 0.1) is 18.0 Å². The van der Waals surface area contributed by atoms with Crippen LogP contribution >= 0.6 is 0 Å². The Hall–Kier alpha value is -2.65. The molecular weight excluding hydrogens is 360 g/mol. The van der Waals surface area contributed by atoms with Gasteiger partial charge in [0.2, 0.25) is 0 Å². The van der Waals surface area contributed by atoms with Gasteiger partial charge in [0.1, 0.15) is 31.2 Å². The minimum atomic E-state index is -0.364. The quantitative estimate of drug-likeness (QED) is 0.733. The number of aliphatic hydroxyl groups excluding tert-OH is 1. The molecule has 2 aromatic heterocycles. The molecule has 2 aliphatic rings. The van der Waals surface area contributed by atoms with Crippen molar-refractivity contribution in [3.05, 3.63) is 30.4 Å². The first-order valence-electron chi connectivity index (χ1n) is 9.49. The molecule has 1 saturated heterocycles. The first-order chi connectivity index (χ1) is 13.6. The molecule has 150 valence electrons. The van der Waals surface area contributed by atoms with Crippen LogP contribution in [0.4, 0.5) is 11.6 Å². The van der Waals surface area contributed by atoms with Crippen LogP contribution < -0.4 is 24.6 Å². The van der Waals surface area contributed by atoms with Crippen LogP contribution in [0, 0.1) is 0 Å². The van der Waals surface area contributed by atoms with Crippen molar-refractivity contribution in [2.45, 2.75) is 25.1 Å². The zero-order chi connectivity index (χ0) is 19.5. The molecule has 2 aromatic rings. The van der Waals surface area contributed by atoms with E-state index in [0.29, 0.717) is 45.0 Å². The van der Waals surface area contributed by atoms with Gasteiger partial charge in [-0.3, -0.25) is 4.98 Å². The Bertz CT molecular complexity index is 818. The summed E-state index contributed by atoms with van der Waals surface area (Å²) in [6.45, 7) is 3.02. The SMILES string of the molecule is CN(C)c1cc(N2C[C@H](O)C[C@@H]2CNCc2cc3c(cn2)OCCO3)ncn1. The van der Waals surface area contributed by atoms with Crippen molar-refractivity contribution in [2.75, 3.05) is 50.2 Å². The smallest absolute Gasteiger partial charge is 0.179 e. The first-order valence-corrected chi connectivity index (χ1v) is 9.49. The molecular formula is C19H26N6O3. The summed E-state index contributed by atoms with van der Waals surface area (Å²) >= 11 is 0. The van der Waals surface area contributed by atoms with Crippen molar-refractivity contribution in [3.63, 3.8) is 0 Å². The average molecular weight is 386 g/mol. The first kappa shape index (κ1) is 18.7. The number of hydrogen-bond acceptors (Lipinski definition) is 9. The molecule has 28 heavy (non-hydrogen) atoms. The van der Waals surface area contributed by atoms with Gasteiger partial charge in [0, 0.05) is 51.9 Å². The predicted molar refractivity (Wildman–Crippen MR) is 105 cm³/mol. The van der Waals surface area contributed by atoms with Crippen molar-refractivity contribution in [1.82, 2.24) is 20.3 Å². The number of rotatable bonds is 6. The maximum atomic E-state index is 10.2. The predicted octanol–water partition coefficient (Wildman–Crippen LogP) is 0.438. The number of nitrogens with one attached hydrogen (secondary N) is 1. The van der Waals surface area contributed by atoms with Gasteiger partial charge in [-0.15, -0.1) is 0 Å². The monoisotopic (exact) mass is 386 g/mol. The molecule has 2 N–H and O–H groups in total. The Morgan fingerprint density at radius 1 is 1.18 bits per heavy atom. The van der Waals surface area contributed by atoms with E-state index in [1.807, 2.05) is 31.1 Å². The largest absolute Gasteiger partial charge is 0.486 e. The summed E-state index contributed by atoms with van der Waals surface area (Å²) in [5.41, 5.74) is 0.895. The van der Waals surface area contributed by atoms with Gasteiger partial charge >= 0.3 is 0 Å². The Morgan fingerprint density at radius 2 is 2.00 bits per heavy atom. The van der Waals surface area contributed by atoms with Crippen LogP contribution in [0.2, 0.25) is 0 Å². The lowest BCUT2D eigenvalue weighted by Gasteiger charge is -2.26. The van der Waals surface area contributed by atoms with E-state index >= 15 is 0 Å². The highest BCUT2D eigenvalue weighted by atomic mass is 16.6. The summed E-state index contributed by atoms with van der Waals surface area (Å²) in [6, 6.07) is 4.02. The van der Waals surface area contributed by atoms with E-state index in [0.717, 1.165) is 23.1 Å². The van der Waals surface area contributed by atoms with Crippen LogP contribution in [0.5, 0.6) is 11.5 Å². The van der Waals surface area contributed by atoms with E-state index in [-0.39, 0.29) is 12.1 Å². The topological polar surface area (TPSA) is 95.9 Å². The lowest BCUT2D eigenvalue weighted by Crippen LogP contribution is -2.38. The van der Waals surface area contributed by atoms with Crippen molar-refractivity contribution in [2.24, 2.45) is 0 Å².